The standard InChI is InChI=1S/C10H18O/c1-8-3-4-10(5-6-11)7-9(8)2/h6,8-10H,3-5,7H2,1-2H3. The minimum absolute atomic E-state index is 0.693. The van der Waals surface area contributed by atoms with Gasteiger partial charge in [0.1, 0.15) is 6.29 Å². The van der Waals surface area contributed by atoms with Crippen molar-refractivity contribution in [3.05, 3.63) is 0 Å². The van der Waals surface area contributed by atoms with Crippen molar-refractivity contribution in [3.63, 3.8) is 0 Å². The zero-order chi connectivity index (χ0) is 8.27. The second kappa shape index (κ2) is 3.89. The van der Waals surface area contributed by atoms with Crippen LogP contribution >= 0.6 is 0 Å². The highest BCUT2D eigenvalue weighted by molar-refractivity contribution is 5.49. The van der Waals surface area contributed by atoms with Crippen molar-refractivity contribution in [2.75, 3.05) is 0 Å². The molecule has 1 fully saturated rings. The molecule has 1 heteroatoms. The molecule has 3 unspecified atom stereocenters. The number of aldehydes is 1. The van der Waals surface area contributed by atoms with Gasteiger partial charge >= 0.3 is 0 Å². The lowest BCUT2D eigenvalue weighted by molar-refractivity contribution is -0.109. The van der Waals surface area contributed by atoms with Crippen LogP contribution in [-0.2, 0) is 4.79 Å². The number of carbonyl (C=O) groups excluding carboxylic acids is 1. The summed E-state index contributed by atoms with van der Waals surface area (Å²) in [6.07, 6.45) is 5.72. The fourth-order valence-electron chi connectivity index (χ4n) is 2.01. The van der Waals surface area contributed by atoms with Crippen LogP contribution in [0.3, 0.4) is 0 Å². The predicted molar refractivity (Wildman–Crippen MR) is 46.4 cm³/mol. The van der Waals surface area contributed by atoms with E-state index in [-0.39, 0.29) is 0 Å². The van der Waals surface area contributed by atoms with Gasteiger partial charge in [0.15, 0.2) is 0 Å². The van der Waals surface area contributed by atoms with Crippen molar-refractivity contribution in [2.24, 2.45) is 17.8 Å². The molecule has 3 atom stereocenters. The van der Waals surface area contributed by atoms with E-state index in [0.29, 0.717) is 5.92 Å². The molecular weight excluding hydrogens is 136 g/mol. The molecule has 0 aliphatic heterocycles. The first-order chi connectivity index (χ1) is 5.24. The second-order valence-corrected chi connectivity index (χ2v) is 4.04. The maximum absolute atomic E-state index is 10.3. The molecule has 1 aliphatic rings. The van der Waals surface area contributed by atoms with Crippen molar-refractivity contribution in [1.82, 2.24) is 0 Å². The third-order valence-electron chi connectivity index (χ3n) is 3.14. The maximum Gasteiger partial charge on any atom is 0.120 e. The summed E-state index contributed by atoms with van der Waals surface area (Å²) in [5.74, 6) is 2.39. The highest BCUT2D eigenvalue weighted by Crippen LogP contribution is 2.34. The van der Waals surface area contributed by atoms with Crippen molar-refractivity contribution in [2.45, 2.75) is 39.5 Å². The zero-order valence-electron chi connectivity index (χ0n) is 7.55. The second-order valence-electron chi connectivity index (χ2n) is 4.04. The summed E-state index contributed by atoms with van der Waals surface area (Å²) in [4.78, 5) is 10.3. The maximum atomic E-state index is 10.3. The average Bonchev–Trinajstić information content (AvgIpc) is 1.98. The molecule has 0 aromatic rings. The molecule has 11 heavy (non-hydrogen) atoms. The normalized spacial score (nSPS) is 38.5. The summed E-state index contributed by atoms with van der Waals surface area (Å²) in [6.45, 7) is 4.63. The van der Waals surface area contributed by atoms with Gasteiger partial charge in [-0.3, -0.25) is 0 Å². The molecule has 0 amide bonds. The largest absolute Gasteiger partial charge is 0.303 e. The van der Waals surface area contributed by atoms with Crippen LogP contribution in [0.2, 0.25) is 0 Å². The summed E-state index contributed by atoms with van der Waals surface area (Å²) in [6, 6.07) is 0. The predicted octanol–water partition coefficient (Wildman–Crippen LogP) is 2.65. The van der Waals surface area contributed by atoms with E-state index < -0.39 is 0 Å². The minimum atomic E-state index is 0.693. The van der Waals surface area contributed by atoms with Crippen LogP contribution in [0.25, 0.3) is 0 Å². The van der Waals surface area contributed by atoms with Crippen molar-refractivity contribution in [3.8, 4) is 0 Å². The molecule has 0 N–H and O–H groups in total. The fraction of sp³-hybridized carbons (Fsp3) is 0.900. The Labute approximate surface area is 69.2 Å². The molecule has 1 aliphatic carbocycles. The highest BCUT2D eigenvalue weighted by Gasteiger charge is 2.23. The lowest BCUT2D eigenvalue weighted by atomic mass is 9.75. The number of hydrogen-bond acceptors (Lipinski definition) is 1. The Morgan fingerprint density at radius 2 is 2.00 bits per heavy atom. The van der Waals surface area contributed by atoms with Gasteiger partial charge in [-0.05, 0) is 30.6 Å². The average molecular weight is 154 g/mol. The molecule has 0 saturated heterocycles. The van der Waals surface area contributed by atoms with Gasteiger partial charge in [-0.2, -0.15) is 0 Å². The lowest BCUT2D eigenvalue weighted by Crippen LogP contribution is -2.20. The van der Waals surface area contributed by atoms with E-state index in [0.717, 1.165) is 24.5 Å². The van der Waals surface area contributed by atoms with Crippen LogP contribution in [0.15, 0.2) is 0 Å². The van der Waals surface area contributed by atoms with Crippen LogP contribution in [0.1, 0.15) is 39.5 Å². The third kappa shape index (κ3) is 2.32. The van der Waals surface area contributed by atoms with Crippen LogP contribution in [0.5, 0.6) is 0 Å². The summed E-state index contributed by atoms with van der Waals surface area (Å²) >= 11 is 0. The van der Waals surface area contributed by atoms with Gasteiger partial charge in [0.2, 0.25) is 0 Å². The monoisotopic (exact) mass is 154 g/mol. The molecule has 0 radical (unpaired) electrons. The Bertz CT molecular complexity index is 131. The molecule has 1 saturated carbocycles. The first kappa shape index (κ1) is 8.76. The van der Waals surface area contributed by atoms with E-state index in [1.54, 1.807) is 0 Å². The Morgan fingerprint density at radius 1 is 1.27 bits per heavy atom. The SMILES string of the molecule is CC1CCC(CC=O)CC1C. The van der Waals surface area contributed by atoms with Gasteiger partial charge < -0.3 is 4.79 Å². The molecule has 0 bridgehead atoms. The Morgan fingerprint density at radius 3 is 2.55 bits per heavy atom. The molecule has 1 rings (SSSR count). The van der Waals surface area contributed by atoms with Crippen molar-refractivity contribution >= 4 is 6.29 Å². The van der Waals surface area contributed by atoms with Crippen LogP contribution in [0.4, 0.5) is 0 Å². The van der Waals surface area contributed by atoms with Gasteiger partial charge in [-0.25, -0.2) is 0 Å². The first-order valence-corrected chi connectivity index (χ1v) is 4.67. The van der Waals surface area contributed by atoms with E-state index in [2.05, 4.69) is 13.8 Å². The van der Waals surface area contributed by atoms with E-state index in [1.165, 1.54) is 19.3 Å². The minimum Gasteiger partial charge on any atom is -0.303 e. The smallest absolute Gasteiger partial charge is 0.120 e. The van der Waals surface area contributed by atoms with Gasteiger partial charge in [0.05, 0.1) is 0 Å². The van der Waals surface area contributed by atoms with E-state index in [1.807, 2.05) is 0 Å². The van der Waals surface area contributed by atoms with E-state index in [4.69, 9.17) is 0 Å². The van der Waals surface area contributed by atoms with Crippen LogP contribution in [-0.4, -0.2) is 6.29 Å². The van der Waals surface area contributed by atoms with Crippen molar-refractivity contribution in [1.29, 1.82) is 0 Å². The Balaban J connectivity index is 2.33. The van der Waals surface area contributed by atoms with Crippen LogP contribution < -0.4 is 0 Å². The fourth-order valence-corrected chi connectivity index (χ4v) is 2.01. The first-order valence-electron chi connectivity index (χ1n) is 4.67. The van der Waals surface area contributed by atoms with Gasteiger partial charge in [0, 0.05) is 6.42 Å². The highest BCUT2D eigenvalue weighted by atomic mass is 16.1. The molecule has 0 aromatic heterocycles. The molecular formula is C10H18O. The number of rotatable bonds is 2. The summed E-state index contributed by atoms with van der Waals surface area (Å²) in [5, 5.41) is 0. The van der Waals surface area contributed by atoms with Gasteiger partial charge in [-0.15, -0.1) is 0 Å². The van der Waals surface area contributed by atoms with Crippen molar-refractivity contribution < 1.29 is 4.79 Å². The van der Waals surface area contributed by atoms with Crippen LogP contribution in [0, 0.1) is 17.8 Å². The van der Waals surface area contributed by atoms with Gasteiger partial charge in [0.25, 0.3) is 0 Å². The van der Waals surface area contributed by atoms with Gasteiger partial charge in [-0.1, -0.05) is 20.3 Å². The Hall–Kier alpha value is -0.330. The Kier molecular flexibility index (Phi) is 3.10. The number of carbonyl (C=O) groups is 1. The molecule has 0 heterocycles. The van der Waals surface area contributed by atoms with E-state index in [9.17, 15) is 4.79 Å². The van der Waals surface area contributed by atoms with E-state index >= 15 is 0 Å². The molecule has 0 spiro atoms. The molecule has 1 nitrogen and oxygen atoms in total. The lowest BCUT2D eigenvalue weighted by Gasteiger charge is -2.30. The topological polar surface area (TPSA) is 17.1 Å². The summed E-state index contributed by atoms with van der Waals surface area (Å²) in [5.41, 5.74) is 0. The summed E-state index contributed by atoms with van der Waals surface area (Å²) in [7, 11) is 0. The number of hydrogen-bond donors (Lipinski definition) is 0. The zero-order valence-corrected chi connectivity index (χ0v) is 7.55. The molecule has 0 aromatic carbocycles. The molecule has 64 valence electrons. The summed E-state index contributed by atoms with van der Waals surface area (Å²) < 4.78 is 0. The quantitative estimate of drug-likeness (QED) is 0.559. The third-order valence-corrected chi connectivity index (χ3v) is 3.14.